The maximum absolute atomic E-state index is 12.9. The van der Waals surface area contributed by atoms with Crippen LogP contribution in [0.2, 0.25) is 0 Å². The summed E-state index contributed by atoms with van der Waals surface area (Å²) in [7, 11) is 1.67. The van der Waals surface area contributed by atoms with Gasteiger partial charge in [0, 0.05) is 6.54 Å². The Morgan fingerprint density at radius 2 is 1.71 bits per heavy atom. The van der Waals surface area contributed by atoms with Gasteiger partial charge in [0.2, 0.25) is 5.91 Å². The number of nitrogens with one attached hydrogen (secondary N) is 1. The summed E-state index contributed by atoms with van der Waals surface area (Å²) in [5, 5.41) is 3.34. The van der Waals surface area contributed by atoms with Crippen LogP contribution in [0.4, 0.5) is 5.69 Å². The number of carbonyl (C=O) groups excluding carboxylic acids is 3. The van der Waals surface area contributed by atoms with Crippen LogP contribution in [0, 0.1) is 5.92 Å². The van der Waals surface area contributed by atoms with Gasteiger partial charge in [0.25, 0.3) is 5.91 Å². The van der Waals surface area contributed by atoms with Gasteiger partial charge in [0.1, 0.15) is 5.75 Å². The van der Waals surface area contributed by atoms with Gasteiger partial charge in [-0.1, -0.05) is 12.1 Å². The minimum atomic E-state index is -0.510. The lowest BCUT2D eigenvalue weighted by Gasteiger charge is -2.32. The van der Waals surface area contributed by atoms with Crippen molar-refractivity contribution < 1.29 is 23.9 Å². The fraction of sp³-hybridized carbons (Fsp3) is 0.444. The zero-order valence-corrected chi connectivity index (χ0v) is 20.4. The summed E-state index contributed by atoms with van der Waals surface area (Å²) >= 11 is 0. The minimum absolute atomic E-state index is 0.148. The van der Waals surface area contributed by atoms with E-state index in [4.69, 9.17) is 9.47 Å². The number of hydrogen-bond donors (Lipinski definition) is 1. The second-order valence-corrected chi connectivity index (χ2v) is 9.07. The van der Waals surface area contributed by atoms with Crippen LogP contribution in [0.1, 0.15) is 42.1 Å². The average Bonchev–Trinajstić information content (AvgIpc) is 3.17. The lowest BCUT2D eigenvalue weighted by atomic mass is 9.96. The smallest absolute Gasteiger partial charge is 0.338 e. The number of amides is 2. The largest absolute Gasteiger partial charge is 0.497 e. The summed E-state index contributed by atoms with van der Waals surface area (Å²) in [5.74, 6) is 0.447. The van der Waals surface area contributed by atoms with Crippen molar-refractivity contribution in [3.63, 3.8) is 0 Å². The quantitative estimate of drug-likeness (QED) is 0.437. The Morgan fingerprint density at radius 1 is 1.03 bits per heavy atom. The van der Waals surface area contributed by atoms with Crippen molar-refractivity contribution in [2.45, 2.75) is 38.8 Å². The standard InChI is InChI=1S/C27H33N3O5/c1-3-35-27(33)21-6-8-22(9-7-21)30-25(31)16-24(26(30)32)28-17-19-12-14-29(15-13-19)18-20-4-10-23(34-2)11-5-20/h4-11,19,24,28H,3,12-18H2,1-2H3/t24-/m0/s1. The van der Waals surface area contributed by atoms with Crippen LogP contribution in [-0.2, 0) is 20.9 Å². The molecule has 2 amide bonds. The van der Waals surface area contributed by atoms with Crippen molar-refractivity contribution in [2.24, 2.45) is 5.92 Å². The summed E-state index contributed by atoms with van der Waals surface area (Å²) in [5.41, 5.74) is 2.14. The summed E-state index contributed by atoms with van der Waals surface area (Å²) in [4.78, 5) is 41.0. The Balaban J connectivity index is 1.24. The Morgan fingerprint density at radius 3 is 2.34 bits per heavy atom. The Labute approximate surface area is 206 Å². The molecule has 8 nitrogen and oxygen atoms in total. The number of methoxy groups -OCH3 is 1. The fourth-order valence-corrected chi connectivity index (χ4v) is 4.67. The highest BCUT2D eigenvalue weighted by atomic mass is 16.5. The maximum atomic E-state index is 12.9. The van der Waals surface area contributed by atoms with Gasteiger partial charge < -0.3 is 14.8 Å². The SMILES string of the molecule is CCOC(=O)c1ccc(N2C(=O)C[C@H](NCC3CCN(Cc4ccc(OC)cc4)CC3)C2=O)cc1. The molecule has 0 bridgehead atoms. The predicted molar refractivity (Wildman–Crippen MR) is 132 cm³/mol. The molecule has 2 aromatic rings. The zero-order valence-electron chi connectivity index (χ0n) is 20.4. The molecule has 0 spiro atoms. The van der Waals surface area contributed by atoms with E-state index in [-0.39, 0.29) is 18.2 Å². The number of esters is 1. The first-order valence-electron chi connectivity index (χ1n) is 12.2. The number of piperidine rings is 1. The van der Waals surface area contributed by atoms with E-state index < -0.39 is 12.0 Å². The second kappa shape index (κ2) is 11.5. The zero-order chi connectivity index (χ0) is 24.8. The highest BCUT2D eigenvalue weighted by molar-refractivity contribution is 6.22. The molecule has 2 aliphatic rings. The third kappa shape index (κ3) is 6.07. The lowest BCUT2D eigenvalue weighted by Crippen LogP contribution is -2.43. The molecule has 1 N–H and O–H groups in total. The number of ether oxygens (including phenoxy) is 2. The molecular formula is C27H33N3O5. The molecule has 2 aliphatic heterocycles. The summed E-state index contributed by atoms with van der Waals surface area (Å²) in [6, 6.07) is 14.1. The third-order valence-electron chi connectivity index (χ3n) is 6.71. The molecule has 4 rings (SSSR count). The van der Waals surface area contributed by atoms with E-state index in [0.717, 1.165) is 44.8 Å². The van der Waals surface area contributed by atoms with Crippen LogP contribution in [0.5, 0.6) is 5.75 Å². The summed E-state index contributed by atoms with van der Waals surface area (Å²) < 4.78 is 10.2. The van der Waals surface area contributed by atoms with E-state index in [1.807, 2.05) is 12.1 Å². The molecule has 186 valence electrons. The molecule has 2 saturated heterocycles. The van der Waals surface area contributed by atoms with Crippen molar-refractivity contribution in [3.8, 4) is 5.75 Å². The topological polar surface area (TPSA) is 88.2 Å². The van der Waals surface area contributed by atoms with Gasteiger partial charge in [-0.2, -0.15) is 0 Å². The van der Waals surface area contributed by atoms with Crippen LogP contribution in [0.15, 0.2) is 48.5 Å². The van der Waals surface area contributed by atoms with E-state index in [0.29, 0.717) is 23.8 Å². The van der Waals surface area contributed by atoms with Gasteiger partial charge >= 0.3 is 5.97 Å². The number of carbonyl (C=O) groups is 3. The molecule has 0 aromatic heterocycles. The van der Waals surface area contributed by atoms with E-state index >= 15 is 0 Å². The van der Waals surface area contributed by atoms with Crippen LogP contribution in [0.3, 0.4) is 0 Å². The molecule has 0 aliphatic carbocycles. The minimum Gasteiger partial charge on any atom is -0.497 e. The number of rotatable bonds is 9. The first-order valence-corrected chi connectivity index (χ1v) is 12.2. The monoisotopic (exact) mass is 479 g/mol. The Bertz CT molecular complexity index is 1030. The van der Waals surface area contributed by atoms with Crippen LogP contribution >= 0.6 is 0 Å². The van der Waals surface area contributed by atoms with Crippen LogP contribution in [0.25, 0.3) is 0 Å². The number of benzene rings is 2. The van der Waals surface area contributed by atoms with E-state index in [9.17, 15) is 14.4 Å². The van der Waals surface area contributed by atoms with Gasteiger partial charge in [0.15, 0.2) is 0 Å². The number of imide groups is 1. The van der Waals surface area contributed by atoms with Gasteiger partial charge in [0.05, 0.1) is 37.4 Å². The van der Waals surface area contributed by atoms with Crippen LogP contribution in [-0.4, -0.2) is 62.1 Å². The van der Waals surface area contributed by atoms with E-state index in [2.05, 4.69) is 22.3 Å². The normalized spacial score (nSPS) is 19.3. The molecule has 0 unspecified atom stereocenters. The summed E-state index contributed by atoms with van der Waals surface area (Å²) in [6.07, 6.45) is 2.25. The number of anilines is 1. The second-order valence-electron chi connectivity index (χ2n) is 9.07. The van der Waals surface area contributed by atoms with Crippen molar-refractivity contribution >= 4 is 23.5 Å². The highest BCUT2D eigenvalue weighted by Crippen LogP contribution is 2.25. The molecule has 35 heavy (non-hydrogen) atoms. The average molecular weight is 480 g/mol. The maximum Gasteiger partial charge on any atom is 0.338 e. The van der Waals surface area contributed by atoms with Gasteiger partial charge in [-0.05, 0) is 87.3 Å². The first-order chi connectivity index (χ1) is 17.0. The summed E-state index contributed by atoms with van der Waals surface area (Å²) in [6.45, 7) is 5.69. The Hall–Kier alpha value is -3.23. The molecule has 0 radical (unpaired) electrons. The predicted octanol–water partition coefficient (Wildman–Crippen LogP) is 3.01. The van der Waals surface area contributed by atoms with E-state index in [1.54, 1.807) is 38.3 Å². The van der Waals surface area contributed by atoms with Gasteiger partial charge in [-0.3, -0.25) is 14.5 Å². The molecule has 0 saturated carbocycles. The van der Waals surface area contributed by atoms with Crippen molar-refractivity contribution in [1.29, 1.82) is 0 Å². The number of nitrogens with zero attached hydrogens (tertiary/aromatic N) is 2. The molecule has 2 heterocycles. The van der Waals surface area contributed by atoms with Crippen molar-refractivity contribution in [1.82, 2.24) is 10.2 Å². The fourth-order valence-electron chi connectivity index (χ4n) is 4.67. The molecule has 2 aromatic carbocycles. The molecule has 1 atom stereocenters. The van der Waals surface area contributed by atoms with E-state index in [1.165, 1.54) is 10.5 Å². The number of likely N-dealkylation sites (tertiary alicyclic amines) is 1. The van der Waals surface area contributed by atoms with Crippen molar-refractivity contribution in [2.75, 3.05) is 38.3 Å². The molecule has 8 heteroatoms. The molecular weight excluding hydrogens is 446 g/mol. The Kier molecular flexibility index (Phi) is 8.15. The van der Waals surface area contributed by atoms with Gasteiger partial charge in [-0.25, -0.2) is 9.69 Å². The number of hydrogen-bond acceptors (Lipinski definition) is 7. The molecule has 2 fully saturated rings. The van der Waals surface area contributed by atoms with Gasteiger partial charge in [-0.15, -0.1) is 0 Å². The third-order valence-corrected chi connectivity index (χ3v) is 6.71. The van der Waals surface area contributed by atoms with Crippen molar-refractivity contribution in [3.05, 3.63) is 59.7 Å². The van der Waals surface area contributed by atoms with Crippen LogP contribution < -0.4 is 15.0 Å². The lowest BCUT2D eigenvalue weighted by molar-refractivity contribution is -0.121. The first kappa shape index (κ1) is 24.9. The highest BCUT2D eigenvalue weighted by Gasteiger charge is 2.39.